The van der Waals surface area contributed by atoms with Crippen LogP contribution >= 0.6 is 11.3 Å². The molecular weight excluding hydrogens is 301 g/mol. The number of nitrogens with zero attached hydrogens (tertiary/aromatic N) is 2. The lowest BCUT2D eigenvalue weighted by atomic mass is 10.2. The Morgan fingerprint density at radius 3 is 2.80 bits per heavy atom. The van der Waals surface area contributed by atoms with Gasteiger partial charge in [0, 0.05) is 17.4 Å². The molecule has 0 amide bonds. The highest BCUT2D eigenvalue weighted by atomic mass is 32.2. The second-order valence-electron chi connectivity index (χ2n) is 4.76. The Morgan fingerprint density at radius 2 is 2.20 bits per heavy atom. The van der Waals surface area contributed by atoms with Crippen LogP contribution in [0.3, 0.4) is 0 Å². The summed E-state index contributed by atoms with van der Waals surface area (Å²) in [6, 6.07) is 1.05. The molecule has 0 atom stereocenters. The highest BCUT2D eigenvalue weighted by molar-refractivity contribution is 7.90. The van der Waals surface area contributed by atoms with Crippen molar-refractivity contribution >= 4 is 26.9 Å². The molecule has 5 nitrogen and oxygen atoms in total. The molecule has 0 bridgehead atoms. The third-order valence-electron chi connectivity index (χ3n) is 3.08. The minimum Gasteiger partial charge on any atom is -0.397 e. The van der Waals surface area contributed by atoms with Crippen LogP contribution < -0.4 is 5.73 Å². The number of anilines is 1. The van der Waals surface area contributed by atoms with Crippen LogP contribution in [0.1, 0.15) is 30.1 Å². The summed E-state index contributed by atoms with van der Waals surface area (Å²) in [5.74, 6) is -1.10. The number of halogens is 1. The normalized spacial score (nSPS) is 15.4. The van der Waals surface area contributed by atoms with Gasteiger partial charge in [-0.3, -0.25) is 0 Å². The van der Waals surface area contributed by atoms with E-state index in [1.165, 1.54) is 16.8 Å². The maximum absolute atomic E-state index is 13.9. The molecule has 106 valence electrons. The molecule has 0 unspecified atom stereocenters. The number of rotatable bonds is 4. The molecule has 1 saturated carbocycles. The van der Waals surface area contributed by atoms with E-state index in [0.717, 1.165) is 18.9 Å². The molecule has 8 heteroatoms. The molecule has 2 heterocycles. The molecule has 0 spiro atoms. The molecule has 0 saturated heterocycles. The molecule has 2 aromatic heterocycles. The van der Waals surface area contributed by atoms with E-state index in [4.69, 9.17) is 5.73 Å². The van der Waals surface area contributed by atoms with E-state index in [1.807, 2.05) is 0 Å². The maximum atomic E-state index is 13.9. The lowest BCUT2D eigenvalue weighted by molar-refractivity contribution is 0.551. The molecule has 20 heavy (non-hydrogen) atoms. The molecule has 0 aromatic carbocycles. The zero-order valence-corrected chi connectivity index (χ0v) is 12.0. The van der Waals surface area contributed by atoms with Crippen molar-refractivity contribution in [2.24, 2.45) is 0 Å². The van der Waals surface area contributed by atoms with E-state index in [0.29, 0.717) is 11.4 Å². The summed E-state index contributed by atoms with van der Waals surface area (Å²) in [6.45, 7) is 0. The summed E-state index contributed by atoms with van der Waals surface area (Å²) < 4.78 is 38.4. The highest BCUT2D eigenvalue weighted by Gasteiger charge is 2.31. The summed E-state index contributed by atoms with van der Waals surface area (Å²) in [7, 11) is -3.86. The SMILES string of the molecule is Nc1cc(F)c(S(=O)(=O)Cc2cscn2)nc1C1CC1. The van der Waals surface area contributed by atoms with Gasteiger partial charge < -0.3 is 5.73 Å². The average Bonchev–Trinajstić information content (AvgIpc) is 3.07. The molecule has 1 fully saturated rings. The number of thiazole rings is 1. The van der Waals surface area contributed by atoms with Crippen molar-refractivity contribution in [2.45, 2.75) is 29.5 Å². The second-order valence-corrected chi connectivity index (χ2v) is 7.39. The van der Waals surface area contributed by atoms with E-state index >= 15 is 0 Å². The first-order valence-electron chi connectivity index (χ1n) is 6.03. The predicted molar refractivity (Wildman–Crippen MR) is 73.6 cm³/mol. The zero-order valence-electron chi connectivity index (χ0n) is 10.4. The average molecular weight is 313 g/mol. The highest BCUT2D eigenvalue weighted by Crippen LogP contribution is 2.42. The van der Waals surface area contributed by atoms with E-state index in [2.05, 4.69) is 9.97 Å². The number of aromatic nitrogens is 2. The van der Waals surface area contributed by atoms with Crippen molar-refractivity contribution in [2.75, 3.05) is 5.73 Å². The van der Waals surface area contributed by atoms with Gasteiger partial charge in [-0.05, 0) is 12.8 Å². The van der Waals surface area contributed by atoms with Gasteiger partial charge in [0.05, 0.1) is 28.3 Å². The first-order chi connectivity index (χ1) is 9.47. The molecule has 2 aromatic rings. The van der Waals surface area contributed by atoms with Gasteiger partial charge in [0.1, 0.15) is 0 Å². The number of sulfone groups is 1. The second kappa shape index (κ2) is 4.78. The van der Waals surface area contributed by atoms with Crippen molar-refractivity contribution in [3.05, 3.63) is 34.2 Å². The minimum absolute atomic E-state index is 0.156. The summed E-state index contributed by atoms with van der Waals surface area (Å²) >= 11 is 1.29. The van der Waals surface area contributed by atoms with Crippen LogP contribution in [0.25, 0.3) is 0 Å². The van der Waals surface area contributed by atoms with Gasteiger partial charge in [-0.15, -0.1) is 11.3 Å². The Balaban J connectivity index is 2.02. The van der Waals surface area contributed by atoms with Crippen LogP contribution in [0.2, 0.25) is 0 Å². The van der Waals surface area contributed by atoms with Gasteiger partial charge in [-0.1, -0.05) is 0 Å². The number of nitrogens with two attached hydrogens (primary N) is 1. The maximum Gasteiger partial charge on any atom is 0.204 e. The standard InChI is InChI=1S/C12H12FN3O2S2/c13-9-3-10(14)11(7-1-2-7)16-12(9)20(17,18)5-8-4-19-6-15-8/h3-4,6-7H,1-2,5,14H2. The Labute approximate surface area is 119 Å². The monoisotopic (exact) mass is 313 g/mol. The quantitative estimate of drug-likeness (QED) is 0.934. The fraction of sp³-hybridized carbons (Fsp3) is 0.333. The van der Waals surface area contributed by atoms with Crippen molar-refractivity contribution < 1.29 is 12.8 Å². The third kappa shape index (κ3) is 2.53. The van der Waals surface area contributed by atoms with Crippen LogP contribution in [0.15, 0.2) is 22.0 Å². The first-order valence-corrected chi connectivity index (χ1v) is 8.62. The van der Waals surface area contributed by atoms with Crippen molar-refractivity contribution in [3.63, 3.8) is 0 Å². The Hall–Kier alpha value is -1.54. The van der Waals surface area contributed by atoms with Crippen LogP contribution in [-0.2, 0) is 15.6 Å². The lowest BCUT2D eigenvalue weighted by Crippen LogP contribution is -2.12. The molecule has 0 radical (unpaired) electrons. The van der Waals surface area contributed by atoms with Gasteiger partial charge in [-0.25, -0.2) is 22.8 Å². The summed E-state index contributed by atoms with van der Waals surface area (Å²) in [6.07, 6.45) is 1.82. The van der Waals surface area contributed by atoms with Crippen LogP contribution in [0, 0.1) is 5.82 Å². The Morgan fingerprint density at radius 1 is 1.45 bits per heavy atom. The number of hydrogen-bond acceptors (Lipinski definition) is 6. The van der Waals surface area contributed by atoms with Crippen molar-refractivity contribution in [3.8, 4) is 0 Å². The molecule has 3 rings (SSSR count). The van der Waals surface area contributed by atoms with Gasteiger partial charge >= 0.3 is 0 Å². The van der Waals surface area contributed by atoms with E-state index in [1.54, 1.807) is 5.38 Å². The van der Waals surface area contributed by atoms with Crippen LogP contribution in [0.5, 0.6) is 0 Å². The van der Waals surface area contributed by atoms with Gasteiger partial charge in [0.2, 0.25) is 9.84 Å². The lowest BCUT2D eigenvalue weighted by Gasteiger charge is -2.08. The largest absolute Gasteiger partial charge is 0.397 e. The topological polar surface area (TPSA) is 85.9 Å². The summed E-state index contributed by atoms with van der Waals surface area (Å²) in [5.41, 5.74) is 8.34. The minimum atomic E-state index is -3.86. The Kier molecular flexibility index (Phi) is 3.21. The van der Waals surface area contributed by atoms with Gasteiger partial charge in [-0.2, -0.15) is 0 Å². The molecule has 1 aliphatic carbocycles. The van der Waals surface area contributed by atoms with Crippen molar-refractivity contribution in [1.29, 1.82) is 0 Å². The predicted octanol–water partition coefficient (Wildman–Crippen LogP) is 2.11. The van der Waals surface area contributed by atoms with E-state index < -0.39 is 20.7 Å². The van der Waals surface area contributed by atoms with Gasteiger partial charge in [0.25, 0.3) is 0 Å². The van der Waals surface area contributed by atoms with Crippen molar-refractivity contribution in [1.82, 2.24) is 9.97 Å². The number of hydrogen-bond donors (Lipinski definition) is 1. The summed E-state index contributed by atoms with van der Waals surface area (Å²) in [4.78, 5) is 7.88. The molecule has 1 aliphatic rings. The van der Waals surface area contributed by atoms with Crippen LogP contribution in [0.4, 0.5) is 10.1 Å². The fourth-order valence-electron chi connectivity index (χ4n) is 1.97. The summed E-state index contributed by atoms with van der Waals surface area (Å²) in [5, 5.41) is 1.09. The smallest absolute Gasteiger partial charge is 0.204 e. The Bertz CT molecular complexity index is 740. The van der Waals surface area contributed by atoms with Gasteiger partial charge in [0.15, 0.2) is 10.8 Å². The first kappa shape index (κ1) is 13.4. The van der Waals surface area contributed by atoms with Crippen LogP contribution in [-0.4, -0.2) is 18.4 Å². The third-order valence-corrected chi connectivity index (χ3v) is 5.27. The molecular formula is C12H12FN3O2S2. The fourth-order valence-corrected chi connectivity index (χ4v) is 3.91. The number of pyridine rings is 1. The van der Waals surface area contributed by atoms with E-state index in [9.17, 15) is 12.8 Å². The molecule has 0 aliphatic heterocycles. The number of nitrogen functional groups attached to an aromatic ring is 1. The van der Waals surface area contributed by atoms with E-state index in [-0.39, 0.29) is 17.4 Å². The zero-order chi connectivity index (χ0) is 14.3. The molecule has 2 N–H and O–H groups in total.